The molecule has 0 N–H and O–H groups in total. The van der Waals surface area contributed by atoms with E-state index in [1.165, 1.54) is 0 Å². The van der Waals surface area contributed by atoms with Gasteiger partial charge in [0.2, 0.25) is 0 Å². The molecule has 0 bridgehead atoms. The molecule has 0 spiro atoms. The van der Waals surface area contributed by atoms with Gasteiger partial charge in [-0.2, -0.15) is 0 Å². The lowest BCUT2D eigenvalue weighted by atomic mass is 10.1. The molecule has 1 heterocycles. The smallest absolute Gasteiger partial charge is 0.257 e. The minimum absolute atomic E-state index is 0.0268. The summed E-state index contributed by atoms with van der Waals surface area (Å²) < 4.78 is 5.60. The Balaban J connectivity index is 2.26. The summed E-state index contributed by atoms with van der Waals surface area (Å²) in [6.45, 7) is 5.02. The summed E-state index contributed by atoms with van der Waals surface area (Å²) in [4.78, 5) is 14.2. The lowest BCUT2D eigenvalue weighted by Crippen LogP contribution is -2.48. The van der Waals surface area contributed by atoms with Gasteiger partial charge in [-0.3, -0.25) is 4.79 Å². The summed E-state index contributed by atoms with van der Waals surface area (Å²) >= 11 is 12.1. The summed E-state index contributed by atoms with van der Waals surface area (Å²) in [5, 5.41) is 0.776. The van der Waals surface area contributed by atoms with Crippen molar-refractivity contribution in [1.29, 1.82) is 0 Å². The lowest BCUT2D eigenvalue weighted by Gasteiger charge is -2.35. The van der Waals surface area contributed by atoms with Crippen molar-refractivity contribution in [2.45, 2.75) is 26.1 Å². The normalized spacial score (nSPS) is 24.1. The summed E-state index contributed by atoms with van der Waals surface area (Å²) in [6.07, 6.45) is 0.0536. The second kappa shape index (κ2) is 5.47. The van der Waals surface area contributed by atoms with E-state index in [1.807, 2.05) is 13.8 Å². The fourth-order valence-corrected chi connectivity index (χ4v) is 2.76. The third-order valence-electron chi connectivity index (χ3n) is 2.88. The zero-order chi connectivity index (χ0) is 13.3. The van der Waals surface area contributed by atoms with E-state index < -0.39 is 0 Å². The summed E-state index contributed by atoms with van der Waals surface area (Å²) in [5.74, 6) is -0.132. The van der Waals surface area contributed by atoms with Gasteiger partial charge in [-0.15, -0.1) is 0 Å². The largest absolute Gasteiger partial charge is 0.372 e. The highest BCUT2D eigenvalue weighted by Gasteiger charge is 2.28. The average Bonchev–Trinajstić information content (AvgIpc) is 2.27. The molecular weight excluding hydrogens is 273 g/mol. The van der Waals surface area contributed by atoms with Gasteiger partial charge >= 0.3 is 0 Å². The van der Waals surface area contributed by atoms with Crippen molar-refractivity contribution in [1.82, 2.24) is 4.90 Å². The number of halogens is 2. The number of carbonyl (C=O) groups is 1. The molecule has 18 heavy (non-hydrogen) atoms. The highest BCUT2D eigenvalue weighted by atomic mass is 35.5. The van der Waals surface area contributed by atoms with Crippen molar-refractivity contribution in [3.63, 3.8) is 0 Å². The van der Waals surface area contributed by atoms with E-state index in [0.717, 1.165) is 0 Å². The maximum atomic E-state index is 12.4. The molecule has 1 aliphatic rings. The van der Waals surface area contributed by atoms with E-state index in [4.69, 9.17) is 27.9 Å². The molecule has 1 aromatic carbocycles. The van der Waals surface area contributed by atoms with Gasteiger partial charge in [0.1, 0.15) is 0 Å². The van der Waals surface area contributed by atoms with Crippen LogP contribution in [0.25, 0.3) is 0 Å². The Bertz CT molecular complexity index is 434. The number of carbonyl (C=O) groups excluding carboxylic acids is 1. The molecule has 1 aliphatic heterocycles. The van der Waals surface area contributed by atoms with Gasteiger partial charge < -0.3 is 9.64 Å². The van der Waals surface area contributed by atoms with Gasteiger partial charge in [0, 0.05) is 13.1 Å². The second-order valence-corrected chi connectivity index (χ2v) is 5.38. The Morgan fingerprint density at radius 1 is 1.22 bits per heavy atom. The molecule has 0 aromatic heterocycles. The molecule has 1 fully saturated rings. The number of hydrogen-bond acceptors (Lipinski definition) is 2. The highest BCUT2D eigenvalue weighted by molar-refractivity contribution is 6.39. The number of amides is 1. The molecule has 1 saturated heterocycles. The van der Waals surface area contributed by atoms with Gasteiger partial charge in [-0.25, -0.2) is 0 Å². The zero-order valence-corrected chi connectivity index (χ0v) is 11.8. The van der Waals surface area contributed by atoms with Crippen LogP contribution in [0, 0.1) is 0 Å². The van der Waals surface area contributed by atoms with Gasteiger partial charge in [-0.1, -0.05) is 29.3 Å². The average molecular weight is 288 g/mol. The first-order valence-electron chi connectivity index (χ1n) is 5.87. The second-order valence-electron chi connectivity index (χ2n) is 4.56. The predicted molar refractivity (Wildman–Crippen MR) is 72.4 cm³/mol. The van der Waals surface area contributed by atoms with E-state index in [-0.39, 0.29) is 18.1 Å². The van der Waals surface area contributed by atoms with E-state index in [1.54, 1.807) is 23.1 Å². The zero-order valence-electron chi connectivity index (χ0n) is 10.3. The van der Waals surface area contributed by atoms with Crippen molar-refractivity contribution in [3.05, 3.63) is 33.8 Å². The van der Waals surface area contributed by atoms with Crippen LogP contribution in [0.5, 0.6) is 0 Å². The van der Waals surface area contributed by atoms with Gasteiger partial charge in [0.15, 0.2) is 0 Å². The van der Waals surface area contributed by atoms with Crippen LogP contribution in [-0.4, -0.2) is 36.1 Å². The van der Waals surface area contributed by atoms with Crippen molar-refractivity contribution >= 4 is 29.1 Å². The molecule has 0 unspecified atom stereocenters. The molecule has 0 radical (unpaired) electrons. The summed E-state index contributed by atoms with van der Waals surface area (Å²) in [7, 11) is 0. The monoisotopic (exact) mass is 287 g/mol. The maximum Gasteiger partial charge on any atom is 0.257 e. The standard InChI is InChI=1S/C13H15Cl2NO2/c1-8-6-16(7-9(2)18-8)13(17)12-10(14)4-3-5-11(12)15/h3-5,8-9H,6-7H2,1-2H3/t8-,9-/m0/s1. The number of benzene rings is 1. The first-order chi connectivity index (χ1) is 8.49. The first kappa shape index (κ1) is 13.7. The number of nitrogens with zero attached hydrogens (tertiary/aromatic N) is 1. The third kappa shape index (κ3) is 2.79. The summed E-state index contributed by atoms with van der Waals surface area (Å²) in [5.41, 5.74) is 0.377. The molecule has 5 heteroatoms. The fourth-order valence-electron chi connectivity index (χ4n) is 2.20. The van der Waals surface area contributed by atoms with Crippen molar-refractivity contribution in [3.8, 4) is 0 Å². The van der Waals surface area contributed by atoms with Crippen molar-refractivity contribution < 1.29 is 9.53 Å². The molecule has 0 aliphatic carbocycles. The molecule has 1 amide bonds. The molecule has 2 atom stereocenters. The Hall–Kier alpha value is -0.770. The topological polar surface area (TPSA) is 29.5 Å². The maximum absolute atomic E-state index is 12.4. The van der Waals surface area contributed by atoms with Crippen molar-refractivity contribution in [2.24, 2.45) is 0 Å². The predicted octanol–water partition coefficient (Wildman–Crippen LogP) is 3.24. The molecule has 1 aromatic rings. The first-order valence-corrected chi connectivity index (χ1v) is 6.63. The van der Waals surface area contributed by atoms with Crippen LogP contribution in [0.15, 0.2) is 18.2 Å². The Labute approximate surface area is 117 Å². The number of rotatable bonds is 1. The number of morpholine rings is 1. The van der Waals surface area contributed by atoms with Crippen molar-refractivity contribution in [2.75, 3.05) is 13.1 Å². The van der Waals surface area contributed by atoms with E-state index >= 15 is 0 Å². The minimum Gasteiger partial charge on any atom is -0.372 e. The quantitative estimate of drug-likeness (QED) is 0.794. The van der Waals surface area contributed by atoms with Crippen LogP contribution in [0.1, 0.15) is 24.2 Å². The van der Waals surface area contributed by atoms with Crippen LogP contribution in [-0.2, 0) is 4.74 Å². The summed E-state index contributed by atoms with van der Waals surface area (Å²) in [6, 6.07) is 5.08. The van der Waals surface area contributed by atoms with Crippen LogP contribution < -0.4 is 0 Å². The number of hydrogen-bond donors (Lipinski definition) is 0. The van der Waals surface area contributed by atoms with E-state index in [2.05, 4.69) is 0 Å². The van der Waals surface area contributed by atoms with Crippen LogP contribution in [0.2, 0.25) is 10.0 Å². The lowest BCUT2D eigenvalue weighted by molar-refractivity contribution is -0.0586. The molecular formula is C13H15Cl2NO2. The molecule has 98 valence electrons. The third-order valence-corrected chi connectivity index (χ3v) is 3.51. The van der Waals surface area contributed by atoms with Gasteiger partial charge in [-0.05, 0) is 26.0 Å². The Morgan fingerprint density at radius 3 is 2.22 bits per heavy atom. The van der Waals surface area contributed by atoms with Gasteiger partial charge in [0.25, 0.3) is 5.91 Å². The van der Waals surface area contributed by atoms with Crippen LogP contribution >= 0.6 is 23.2 Å². The van der Waals surface area contributed by atoms with Crippen LogP contribution in [0.4, 0.5) is 0 Å². The fraction of sp³-hybridized carbons (Fsp3) is 0.462. The minimum atomic E-state index is -0.132. The Kier molecular flexibility index (Phi) is 4.15. The number of ether oxygens (including phenoxy) is 1. The molecule has 3 nitrogen and oxygen atoms in total. The molecule has 0 saturated carbocycles. The molecule has 2 rings (SSSR count). The van der Waals surface area contributed by atoms with Gasteiger partial charge in [0.05, 0.1) is 27.8 Å². The van der Waals surface area contributed by atoms with E-state index in [0.29, 0.717) is 28.7 Å². The van der Waals surface area contributed by atoms with Crippen LogP contribution in [0.3, 0.4) is 0 Å². The van der Waals surface area contributed by atoms with E-state index in [9.17, 15) is 4.79 Å². The SMILES string of the molecule is C[C@H]1CN(C(=O)c2c(Cl)cccc2Cl)C[C@H](C)O1. The Morgan fingerprint density at radius 2 is 1.72 bits per heavy atom. The highest BCUT2D eigenvalue weighted by Crippen LogP contribution is 2.26.